The van der Waals surface area contributed by atoms with Crippen molar-refractivity contribution >= 4 is 23.9 Å². The Kier molecular flexibility index (Phi) is 13.2. The van der Waals surface area contributed by atoms with E-state index in [0.29, 0.717) is 12.0 Å². The molecule has 9 heteroatoms. The van der Waals surface area contributed by atoms with Crippen LogP contribution in [0, 0.1) is 0 Å². The van der Waals surface area contributed by atoms with Crippen molar-refractivity contribution in [2.75, 3.05) is 13.2 Å². The second-order valence-corrected chi connectivity index (χ2v) is 12.1. The maximum absolute atomic E-state index is 14.7. The molecule has 0 aliphatic carbocycles. The number of carbonyl (C=O) groups excluding carboxylic acids is 4. The average molecular weight is 596 g/mol. The Hall–Kier alpha value is -3.88. The fourth-order valence-electron chi connectivity index (χ4n) is 4.58. The highest BCUT2D eigenvalue weighted by Gasteiger charge is 2.43. The first-order valence-corrected chi connectivity index (χ1v) is 15.1. The Morgan fingerprint density at radius 1 is 0.860 bits per heavy atom. The van der Waals surface area contributed by atoms with Gasteiger partial charge in [-0.1, -0.05) is 68.4 Å². The molecule has 0 fully saturated rings. The van der Waals surface area contributed by atoms with E-state index in [1.54, 1.807) is 32.6 Å². The predicted molar refractivity (Wildman–Crippen MR) is 167 cm³/mol. The van der Waals surface area contributed by atoms with Crippen LogP contribution in [0.5, 0.6) is 0 Å². The van der Waals surface area contributed by atoms with Crippen LogP contribution in [0.3, 0.4) is 0 Å². The first-order valence-electron chi connectivity index (χ1n) is 15.1. The lowest BCUT2D eigenvalue weighted by atomic mass is 9.90. The van der Waals surface area contributed by atoms with Crippen molar-refractivity contribution < 1.29 is 28.7 Å². The number of hydrogen-bond donors (Lipinski definition) is 2. The molecular formula is C34H49N3O6. The van der Waals surface area contributed by atoms with E-state index < -0.39 is 47.1 Å². The number of rotatable bonds is 14. The monoisotopic (exact) mass is 595 g/mol. The van der Waals surface area contributed by atoms with Crippen molar-refractivity contribution in [3.8, 4) is 0 Å². The van der Waals surface area contributed by atoms with E-state index in [-0.39, 0.29) is 26.0 Å². The minimum atomic E-state index is -1.03. The number of benzene rings is 2. The van der Waals surface area contributed by atoms with Crippen molar-refractivity contribution in [3.63, 3.8) is 0 Å². The van der Waals surface area contributed by atoms with Crippen LogP contribution in [-0.2, 0) is 36.7 Å². The summed E-state index contributed by atoms with van der Waals surface area (Å²) in [7, 11) is 0. The molecule has 2 N–H and O–H groups in total. The highest BCUT2D eigenvalue weighted by Crippen LogP contribution is 2.33. The van der Waals surface area contributed by atoms with Gasteiger partial charge in [-0.25, -0.2) is 4.79 Å². The van der Waals surface area contributed by atoms with Crippen molar-refractivity contribution in [2.45, 2.75) is 104 Å². The third-order valence-electron chi connectivity index (χ3n) is 7.17. The Morgan fingerprint density at radius 2 is 1.49 bits per heavy atom. The van der Waals surface area contributed by atoms with E-state index in [9.17, 15) is 19.2 Å². The number of nitrogens with one attached hydrogen (secondary N) is 2. The van der Waals surface area contributed by atoms with Crippen LogP contribution in [-0.4, -0.2) is 59.1 Å². The third-order valence-corrected chi connectivity index (χ3v) is 7.17. The molecule has 0 spiro atoms. The Balaban J connectivity index is 2.59. The van der Waals surface area contributed by atoms with Crippen LogP contribution in [0.4, 0.5) is 4.79 Å². The first-order chi connectivity index (χ1) is 20.2. The molecule has 0 heterocycles. The zero-order valence-electron chi connectivity index (χ0n) is 27.0. The molecule has 0 radical (unpaired) electrons. The van der Waals surface area contributed by atoms with Gasteiger partial charge < -0.3 is 25.0 Å². The molecule has 2 aromatic rings. The molecule has 0 aromatic heterocycles. The van der Waals surface area contributed by atoms with E-state index in [0.717, 1.165) is 17.5 Å². The standard InChI is InChI=1S/C34H49N3O6/c1-9-24-17-19-26(20-18-24)29(30(39)35-22-21-28(38)42-11-3)37(34(7,8)10-2)31(40)27(23-25-15-13-12-14-16-25)36-32(41)43-33(4,5)6/h12-20,27,29H,9-11,21-23H2,1-8H3,(H,35,39)(H,36,41). The first kappa shape index (κ1) is 35.3. The molecule has 2 unspecified atom stereocenters. The van der Waals surface area contributed by atoms with Crippen molar-refractivity contribution in [3.05, 3.63) is 71.3 Å². The average Bonchev–Trinajstić information content (AvgIpc) is 2.94. The van der Waals surface area contributed by atoms with Crippen LogP contribution < -0.4 is 10.6 Å². The van der Waals surface area contributed by atoms with Crippen molar-refractivity contribution in [2.24, 2.45) is 0 Å². The van der Waals surface area contributed by atoms with E-state index >= 15 is 0 Å². The lowest BCUT2D eigenvalue weighted by Gasteiger charge is -2.44. The number of alkyl carbamates (subject to hydrolysis) is 1. The van der Waals surface area contributed by atoms with Crippen LogP contribution in [0.25, 0.3) is 0 Å². The molecule has 43 heavy (non-hydrogen) atoms. The van der Waals surface area contributed by atoms with E-state index in [4.69, 9.17) is 9.47 Å². The molecule has 0 aliphatic heterocycles. The van der Waals surface area contributed by atoms with Gasteiger partial charge in [0.15, 0.2) is 0 Å². The molecule has 3 amide bonds. The topological polar surface area (TPSA) is 114 Å². The number of carbonyl (C=O) groups is 4. The molecular weight excluding hydrogens is 546 g/mol. The molecule has 2 atom stereocenters. The van der Waals surface area contributed by atoms with Gasteiger partial charge in [0.1, 0.15) is 17.7 Å². The zero-order valence-corrected chi connectivity index (χ0v) is 27.0. The summed E-state index contributed by atoms with van der Waals surface area (Å²) in [6.45, 7) is 15.1. The van der Waals surface area contributed by atoms with Crippen LogP contribution in [0.1, 0.15) is 91.0 Å². The number of ether oxygens (including phenoxy) is 2. The van der Waals surface area contributed by atoms with Gasteiger partial charge in [-0.3, -0.25) is 14.4 Å². The maximum Gasteiger partial charge on any atom is 0.408 e. The Labute approximate surface area is 256 Å². The minimum absolute atomic E-state index is 0.00300. The molecule has 9 nitrogen and oxygen atoms in total. The largest absolute Gasteiger partial charge is 0.466 e. The smallest absolute Gasteiger partial charge is 0.408 e. The van der Waals surface area contributed by atoms with Crippen LogP contribution in [0.15, 0.2) is 54.6 Å². The van der Waals surface area contributed by atoms with Crippen LogP contribution >= 0.6 is 0 Å². The summed E-state index contributed by atoms with van der Waals surface area (Å²) in [5, 5.41) is 5.63. The summed E-state index contributed by atoms with van der Waals surface area (Å²) < 4.78 is 10.5. The van der Waals surface area contributed by atoms with Gasteiger partial charge >= 0.3 is 12.1 Å². The minimum Gasteiger partial charge on any atom is -0.466 e. The van der Waals surface area contributed by atoms with E-state index in [1.807, 2.05) is 82.3 Å². The normalized spacial score (nSPS) is 12.9. The van der Waals surface area contributed by atoms with Gasteiger partial charge in [0.25, 0.3) is 0 Å². The summed E-state index contributed by atoms with van der Waals surface area (Å²) in [6.07, 6.45) is 0.824. The Morgan fingerprint density at radius 3 is 2.02 bits per heavy atom. The summed E-state index contributed by atoms with van der Waals surface area (Å²) in [6, 6.07) is 14.9. The molecule has 0 aliphatic rings. The van der Waals surface area contributed by atoms with Gasteiger partial charge in [-0.05, 0) is 71.1 Å². The summed E-state index contributed by atoms with van der Waals surface area (Å²) in [5.41, 5.74) is 0.986. The predicted octanol–water partition coefficient (Wildman–Crippen LogP) is 5.51. The SMILES string of the molecule is CCOC(=O)CCNC(=O)C(c1ccc(CC)cc1)N(C(=O)C(Cc1ccccc1)NC(=O)OC(C)(C)C)C(C)(C)CC. The lowest BCUT2D eigenvalue weighted by Crippen LogP contribution is -2.60. The van der Waals surface area contributed by atoms with Gasteiger partial charge in [0.2, 0.25) is 11.8 Å². The third kappa shape index (κ3) is 11.0. The Bertz CT molecular complexity index is 1200. The van der Waals surface area contributed by atoms with Gasteiger partial charge in [-0.2, -0.15) is 0 Å². The number of aryl methyl sites for hydroxylation is 1. The van der Waals surface area contributed by atoms with Crippen LogP contribution in [0.2, 0.25) is 0 Å². The summed E-state index contributed by atoms with van der Waals surface area (Å²) >= 11 is 0. The quantitative estimate of drug-likeness (QED) is 0.278. The summed E-state index contributed by atoms with van der Waals surface area (Å²) in [4.78, 5) is 55.1. The van der Waals surface area contributed by atoms with E-state index in [1.165, 1.54) is 0 Å². The van der Waals surface area contributed by atoms with Gasteiger partial charge in [-0.15, -0.1) is 0 Å². The second kappa shape index (κ2) is 16.1. The molecule has 0 bridgehead atoms. The van der Waals surface area contributed by atoms with E-state index in [2.05, 4.69) is 10.6 Å². The number of amides is 3. The fourth-order valence-corrected chi connectivity index (χ4v) is 4.58. The second-order valence-electron chi connectivity index (χ2n) is 12.1. The zero-order chi connectivity index (χ0) is 32.2. The highest BCUT2D eigenvalue weighted by molar-refractivity contribution is 5.93. The number of nitrogens with zero attached hydrogens (tertiary/aromatic N) is 1. The number of hydrogen-bond acceptors (Lipinski definition) is 6. The molecule has 236 valence electrons. The van der Waals surface area contributed by atoms with Gasteiger partial charge in [0, 0.05) is 18.5 Å². The fraction of sp³-hybridized carbons (Fsp3) is 0.529. The number of esters is 1. The molecule has 0 saturated carbocycles. The molecule has 2 aromatic carbocycles. The summed E-state index contributed by atoms with van der Waals surface area (Å²) in [5.74, 6) is -1.27. The molecule has 0 saturated heterocycles. The lowest BCUT2D eigenvalue weighted by molar-refractivity contribution is -0.149. The maximum atomic E-state index is 14.7. The van der Waals surface area contributed by atoms with Crippen molar-refractivity contribution in [1.29, 1.82) is 0 Å². The van der Waals surface area contributed by atoms with Gasteiger partial charge in [0.05, 0.1) is 13.0 Å². The highest BCUT2D eigenvalue weighted by atomic mass is 16.6. The molecule has 2 rings (SSSR count). The van der Waals surface area contributed by atoms with Crippen molar-refractivity contribution in [1.82, 2.24) is 15.5 Å².